The van der Waals surface area contributed by atoms with Gasteiger partial charge in [-0.15, -0.1) is 11.3 Å². The van der Waals surface area contributed by atoms with Crippen LogP contribution in [0.1, 0.15) is 35.6 Å². The van der Waals surface area contributed by atoms with Gasteiger partial charge in [0.2, 0.25) is 11.8 Å². The van der Waals surface area contributed by atoms with Crippen molar-refractivity contribution >= 4 is 23.2 Å². The molecule has 3 aliphatic rings. The number of hydrogen-bond donors (Lipinski definition) is 0. The van der Waals surface area contributed by atoms with Crippen LogP contribution >= 0.6 is 11.3 Å². The summed E-state index contributed by atoms with van der Waals surface area (Å²) in [6.45, 7) is 3.75. The molecule has 158 valence electrons. The van der Waals surface area contributed by atoms with E-state index in [1.54, 1.807) is 11.3 Å². The number of amides is 2. The van der Waals surface area contributed by atoms with Gasteiger partial charge < -0.3 is 14.5 Å². The number of thiophene rings is 1. The summed E-state index contributed by atoms with van der Waals surface area (Å²) in [4.78, 5) is 31.9. The van der Waals surface area contributed by atoms with Gasteiger partial charge in [-0.3, -0.25) is 9.59 Å². The van der Waals surface area contributed by atoms with Gasteiger partial charge in [0.05, 0.1) is 5.41 Å². The van der Waals surface area contributed by atoms with E-state index < -0.39 is 5.41 Å². The van der Waals surface area contributed by atoms with Crippen LogP contribution in [0.3, 0.4) is 0 Å². The molecule has 1 saturated carbocycles. The molecule has 0 bridgehead atoms. The molecule has 30 heavy (non-hydrogen) atoms. The molecule has 2 aromatic rings. The fourth-order valence-electron chi connectivity index (χ4n) is 5.05. The Morgan fingerprint density at radius 3 is 2.30 bits per heavy atom. The molecule has 1 unspecified atom stereocenters. The zero-order valence-corrected chi connectivity index (χ0v) is 18.0. The van der Waals surface area contributed by atoms with Crippen LogP contribution < -0.4 is 0 Å². The van der Waals surface area contributed by atoms with E-state index in [4.69, 9.17) is 4.74 Å². The highest BCUT2D eigenvalue weighted by Crippen LogP contribution is 2.50. The molecule has 0 spiro atoms. The van der Waals surface area contributed by atoms with E-state index >= 15 is 0 Å². The lowest BCUT2D eigenvalue weighted by molar-refractivity contribution is -0.146. The summed E-state index contributed by atoms with van der Waals surface area (Å²) in [5.41, 5.74) is 0.598. The van der Waals surface area contributed by atoms with E-state index in [-0.39, 0.29) is 17.7 Å². The number of benzene rings is 1. The standard InChI is InChI=1S/C24H28N2O3S/c27-22(20-17-19(20)21-7-4-16-30-21)25-10-12-26(13-11-25)23(28)24(8-14-29-15-9-24)18-5-2-1-3-6-18/h1-7,16,19-20H,8-15,17H2/t19?,20-/m1/s1. The molecule has 1 aliphatic carbocycles. The second-order valence-electron chi connectivity index (χ2n) is 8.64. The quantitative estimate of drug-likeness (QED) is 0.757. The molecule has 3 heterocycles. The molecule has 6 heteroatoms. The third-order valence-corrected chi connectivity index (χ3v) is 7.98. The molecule has 1 aromatic heterocycles. The minimum absolute atomic E-state index is 0.136. The molecule has 3 fully saturated rings. The average molecular weight is 425 g/mol. The Morgan fingerprint density at radius 1 is 0.933 bits per heavy atom. The van der Waals surface area contributed by atoms with Crippen LogP contribution in [0.5, 0.6) is 0 Å². The highest BCUT2D eigenvalue weighted by atomic mass is 32.1. The molecule has 1 aromatic carbocycles. The number of carbonyl (C=O) groups is 2. The van der Waals surface area contributed by atoms with Crippen molar-refractivity contribution < 1.29 is 14.3 Å². The Kier molecular flexibility index (Phi) is 5.37. The Labute approximate surface area is 181 Å². The first-order chi connectivity index (χ1) is 14.7. The zero-order valence-electron chi connectivity index (χ0n) is 17.2. The zero-order chi connectivity index (χ0) is 20.6. The molecule has 0 radical (unpaired) electrons. The first-order valence-electron chi connectivity index (χ1n) is 10.9. The number of hydrogen-bond acceptors (Lipinski definition) is 4. The lowest BCUT2D eigenvalue weighted by atomic mass is 9.73. The summed E-state index contributed by atoms with van der Waals surface area (Å²) < 4.78 is 5.58. The number of rotatable bonds is 4. The summed E-state index contributed by atoms with van der Waals surface area (Å²) in [5.74, 6) is 1.01. The second kappa shape index (κ2) is 8.16. The van der Waals surface area contributed by atoms with Crippen molar-refractivity contribution in [3.8, 4) is 0 Å². The van der Waals surface area contributed by atoms with Crippen LogP contribution in [0, 0.1) is 5.92 Å². The van der Waals surface area contributed by atoms with Crippen LogP contribution in [-0.4, -0.2) is 61.0 Å². The third kappa shape index (κ3) is 3.56. The number of carbonyl (C=O) groups excluding carboxylic acids is 2. The molecule has 2 atom stereocenters. The SMILES string of the molecule is O=C([C@@H]1CC1c1cccs1)N1CCN(C(=O)C2(c3ccccc3)CCOCC2)CC1. The molecule has 5 rings (SSSR count). The van der Waals surface area contributed by atoms with Crippen LogP contribution in [0.2, 0.25) is 0 Å². The summed E-state index contributed by atoms with van der Waals surface area (Å²) in [6.07, 6.45) is 2.41. The first-order valence-corrected chi connectivity index (χ1v) is 11.8. The van der Waals surface area contributed by atoms with E-state index in [2.05, 4.69) is 29.6 Å². The van der Waals surface area contributed by atoms with E-state index in [1.807, 2.05) is 28.0 Å². The van der Waals surface area contributed by atoms with Crippen molar-refractivity contribution in [3.05, 3.63) is 58.3 Å². The molecule has 2 saturated heterocycles. The van der Waals surface area contributed by atoms with Crippen molar-refractivity contribution in [1.29, 1.82) is 0 Å². The molecule has 0 N–H and O–H groups in total. The molecule has 2 amide bonds. The van der Waals surface area contributed by atoms with E-state index in [0.717, 1.165) is 24.8 Å². The van der Waals surface area contributed by atoms with Crippen molar-refractivity contribution in [1.82, 2.24) is 9.80 Å². The smallest absolute Gasteiger partial charge is 0.233 e. The molecular weight excluding hydrogens is 396 g/mol. The Hall–Kier alpha value is -2.18. The summed E-state index contributed by atoms with van der Waals surface area (Å²) in [7, 11) is 0. The van der Waals surface area contributed by atoms with Gasteiger partial charge in [0, 0.05) is 56.1 Å². The summed E-state index contributed by atoms with van der Waals surface area (Å²) in [5, 5.41) is 2.08. The fraction of sp³-hybridized carbons (Fsp3) is 0.500. The maximum Gasteiger partial charge on any atom is 0.233 e. The van der Waals surface area contributed by atoms with Gasteiger partial charge >= 0.3 is 0 Å². The largest absolute Gasteiger partial charge is 0.381 e. The minimum atomic E-state index is -0.494. The van der Waals surface area contributed by atoms with E-state index in [9.17, 15) is 9.59 Å². The highest BCUT2D eigenvalue weighted by Gasteiger charge is 2.48. The van der Waals surface area contributed by atoms with Crippen LogP contribution in [0.15, 0.2) is 47.8 Å². The normalized spacial score (nSPS) is 25.7. The van der Waals surface area contributed by atoms with Crippen LogP contribution in [0.25, 0.3) is 0 Å². The first kappa shape index (κ1) is 19.8. The summed E-state index contributed by atoms with van der Waals surface area (Å²) >= 11 is 1.75. The van der Waals surface area contributed by atoms with Gasteiger partial charge in [0.25, 0.3) is 0 Å². The van der Waals surface area contributed by atoms with Gasteiger partial charge in [0.1, 0.15) is 0 Å². The number of ether oxygens (including phenoxy) is 1. The van der Waals surface area contributed by atoms with Gasteiger partial charge in [-0.2, -0.15) is 0 Å². The van der Waals surface area contributed by atoms with E-state index in [1.165, 1.54) is 4.88 Å². The fourth-order valence-corrected chi connectivity index (χ4v) is 5.96. The Morgan fingerprint density at radius 2 is 1.63 bits per heavy atom. The Bertz CT molecular complexity index is 884. The average Bonchev–Trinajstić information content (AvgIpc) is 3.43. The second-order valence-corrected chi connectivity index (χ2v) is 9.62. The molecular formula is C24H28N2O3S. The van der Waals surface area contributed by atoms with Gasteiger partial charge in [-0.05, 0) is 36.3 Å². The molecule has 2 aliphatic heterocycles. The van der Waals surface area contributed by atoms with Crippen LogP contribution in [-0.2, 0) is 19.7 Å². The monoisotopic (exact) mass is 424 g/mol. The number of nitrogens with zero attached hydrogens (tertiary/aromatic N) is 2. The maximum absolute atomic E-state index is 13.7. The third-order valence-electron chi connectivity index (χ3n) is 6.98. The topological polar surface area (TPSA) is 49.9 Å². The van der Waals surface area contributed by atoms with Crippen molar-refractivity contribution in [2.45, 2.75) is 30.6 Å². The lowest BCUT2D eigenvalue weighted by Gasteiger charge is -2.43. The molecule has 5 nitrogen and oxygen atoms in total. The van der Waals surface area contributed by atoms with E-state index in [0.29, 0.717) is 45.3 Å². The summed E-state index contributed by atoms with van der Waals surface area (Å²) in [6, 6.07) is 14.3. The Balaban J connectivity index is 1.23. The predicted octanol–water partition coefficient (Wildman–Crippen LogP) is 3.27. The number of piperazine rings is 1. The minimum Gasteiger partial charge on any atom is -0.381 e. The maximum atomic E-state index is 13.7. The van der Waals surface area contributed by atoms with Gasteiger partial charge in [-0.25, -0.2) is 0 Å². The lowest BCUT2D eigenvalue weighted by Crippen LogP contribution is -2.57. The van der Waals surface area contributed by atoms with Crippen molar-refractivity contribution in [2.75, 3.05) is 39.4 Å². The van der Waals surface area contributed by atoms with Crippen molar-refractivity contribution in [2.24, 2.45) is 5.92 Å². The van der Waals surface area contributed by atoms with Crippen molar-refractivity contribution in [3.63, 3.8) is 0 Å². The van der Waals surface area contributed by atoms with Gasteiger partial charge in [-0.1, -0.05) is 36.4 Å². The van der Waals surface area contributed by atoms with Gasteiger partial charge in [0.15, 0.2) is 0 Å². The van der Waals surface area contributed by atoms with Crippen LogP contribution in [0.4, 0.5) is 0 Å². The predicted molar refractivity (Wildman–Crippen MR) is 117 cm³/mol. The highest BCUT2D eigenvalue weighted by molar-refractivity contribution is 7.10.